The molecule has 0 saturated carbocycles. The lowest BCUT2D eigenvalue weighted by Gasteiger charge is -2.40. The molecule has 0 radical (unpaired) electrons. The Hall–Kier alpha value is -0.380. The maximum atomic E-state index is 2.70. The molecule has 2 unspecified atom stereocenters. The molecule has 2 aliphatic rings. The van der Waals surface area contributed by atoms with Gasteiger partial charge in [-0.05, 0) is 51.8 Å². The van der Waals surface area contributed by atoms with Crippen LogP contribution in [0.3, 0.4) is 0 Å². The zero-order valence-electron chi connectivity index (χ0n) is 11.8. The number of aryl methyl sites for hydroxylation is 2. The van der Waals surface area contributed by atoms with Crippen molar-refractivity contribution in [2.75, 3.05) is 26.2 Å². The number of fused-ring (bicyclic) bond motifs is 1. The summed E-state index contributed by atoms with van der Waals surface area (Å²) in [6, 6.07) is 3.82. The zero-order chi connectivity index (χ0) is 12.7. The van der Waals surface area contributed by atoms with E-state index in [4.69, 9.17) is 0 Å². The summed E-state index contributed by atoms with van der Waals surface area (Å²) in [6.07, 6.45) is 2.81. The highest BCUT2D eigenvalue weighted by atomic mass is 32.1. The summed E-state index contributed by atoms with van der Waals surface area (Å²) in [5, 5.41) is 0. The van der Waals surface area contributed by atoms with Crippen LogP contribution in [0.15, 0.2) is 6.07 Å². The lowest BCUT2D eigenvalue weighted by atomic mass is 10.0. The Balaban J connectivity index is 1.73. The standard InChI is InChI=1S/C15H24N2S/c1-11-9-15(13(3)18-11)12(2)17-8-7-16-6-4-5-14(16)10-17/h9,12,14H,4-8,10H2,1-3H3. The zero-order valence-corrected chi connectivity index (χ0v) is 12.6. The third-order valence-corrected chi connectivity index (χ3v) is 5.68. The van der Waals surface area contributed by atoms with Gasteiger partial charge in [-0.3, -0.25) is 9.80 Å². The summed E-state index contributed by atoms with van der Waals surface area (Å²) in [7, 11) is 0. The average molecular weight is 264 g/mol. The third-order valence-electron chi connectivity index (χ3n) is 4.70. The van der Waals surface area contributed by atoms with Crippen LogP contribution in [-0.2, 0) is 0 Å². The van der Waals surface area contributed by atoms with Crippen molar-refractivity contribution in [3.8, 4) is 0 Å². The highest BCUT2D eigenvalue weighted by Crippen LogP contribution is 2.32. The maximum Gasteiger partial charge on any atom is 0.0332 e. The van der Waals surface area contributed by atoms with E-state index in [0.29, 0.717) is 6.04 Å². The Morgan fingerprint density at radius 2 is 2.11 bits per heavy atom. The van der Waals surface area contributed by atoms with E-state index in [0.717, 1.165) is 6.04 Å². The highest BCUT2D eigenvalue weighted by molar-refractivity contribution is 7.12. The molecule has 2 aliphatic heterocycles. The molecule has 2 fully saturated rings. The van der Waals surface area contributed by atoms with Crippen molar-refractivity contribution in [2.45, 2.75) is 45.7 Å². The lowest BCUT2D eigenvalue weighted by Crippen LogP contribution is -2.50. The van der Waals surface area contributed by atoms with Crippen LogP contribution in [0.2, 0.25) is 0 Å². The van der Waals surface area contributed by atoms with Crippen LogP contribution >= 0.6 is 11.3 Å². The van der Waals surface area contributed by atoms with Gasteiger partial charge in [-0.15, -0.1) is 11.3 Å². The van der Waals surface area contributed by atoms with E-state index in [1.165, 1.54) is 48.8 Å². The first-order valence-corrected chi connectivity index (χ1v) is 8.02. The van der Waals surface area contributed by atoms with E-state index in [1.807, 2.05) is 11.3 Å². The molecule has 0 aromatic carbocycles. The predicted octanol–water partition coefficient (Wildman–Crippen LogP) is 3.21. The van der Waals surface area contributed by atoms with Gasteiger partial charge in [-0.2, -0.15) is 0 Å². The van der Waals surface area contributed by atoms with Crippen LogP contribution in [0, 0.1) is 13.8 Å². The summed E-state index contributed by atoms with van der Waals surface area (Å²) < 4.78 is 0. The van der Waals surface area contributed by atoms with E-state index in [2.05, 4.69) is 36.6 Å². The Morgan fingerprint density at radius 1 is 1.28 bits per heavy atom. The molecule has 1 aromatic rings. The summed E-state index contributed by atoms with van der Waals surface area (Å²) in [6.45, 7) is 12.0. The van der Waals surface area contributed by atoms with Crippen LogP contribution in [0.25, 0.3) is 0 Å². The van der Waals surface area contributed by atoms with Gasteiger partial charge in [0.05, 0.1) is 0 Å². The number of nitrogens with zero attached hydrogens (tertiary/aromatic N) is 2. The second kappa shape index (κ2) is 4.95. The summed E-state index contributed by atoms with van der Waals surface area (Å²) in [5.41, 5.74) is 1.56. The molecule has 1 aromatic heterocycles. The molecule has 0 N–H and O–H groups in total. The van der Waals surface area contributed by atoms with Gasteiger partial charge in [0, 0.05) is 41.5 Å². The minimum absolute atomic E-state index is 0.595. The van der Waals surface area contributed by atoms with Crippen molar-refractivity contribution in [3.63, 3.8) is 0 Å². The van der Waals surface area contributed by atoms with Gasteiger partial charge in [-0.25, -0.2) is 0 Å². The smallest absolute Gasteiger partial charge is 0.0332 e. The largest absolute Gasteiger partial charge is 0.298 e. The fourth-order valence-corrected chi connectivity index (χ4v) is 4.65. The normalized spacial score (nSPS) is 27.4. The fourth-order valence-electron chi connectivity index (χ4n) is 3.63. The molecular weight excluding hydrogens is 240 g/mol. The number of thiophene rings is 1. The van der Waals surface area contributed by atoms with Gasteiger partial charge in [0.15, 0.2) is 0 Å². The molecule has 0 bridgehead atoms. The first-order valence-electron chi connectivity index (χ1n) is 7.20. The van der Waals surface area contributed by atoms with Gasteiger partial charge < -0.3 is 0 Å². The number of hydrogen-bond acceptors (Lipinski definition) is 3. The van der Waals surface area contributed by atoms with Crippen LogP contribution in [0.1, 0.15) is 41.1 Å². The van der Waals surface area contributed by atoms with Crippen molar-refractivity contribution >= 4 is 11.3 Å². The Morgan fingerprint density at radius 3 is 2.83 bits per heavy atom. The van der Waals surface area contributed by atoms with E-state index >= 15 is 0 Å². The molecular formula is C15H24N2S. The quantitative estimate of drug-likeness (QED) is 0.809. The summed E-state index contributed by atoms with van der Waals surface area (Å²) in [4.78, 5) is 8.35. The Labute approximate surface area is 115 Å². The third kappa shape index (κ3) is 2.24. The van der Waals surface area contributed by atoms with Crippen molar-refractivity contribution in [2.24, 2.45) is 0 Å². The van der Waals surface area contributed by atoms with Gasteiger partial charge in [0.25, 0.3) is 0 Å². The molecule has 3 heteroatoms. The van der Waals surface area contributed by atoms with E-state index < -0.39 is 0 Å². The lowest BCUT2D eigenvalue weighted by molar-refractivity contribution is 0.0770. The number of piperazine rings is 1. The minimum atomic E-state index is 0.595. The number of hydrogen-bond donors (Lipinski definition) is 0. The van der Waals surface area contributed by atoms with Crippen LogP contribution < -0.4 is 0 Å². The first-order chi connectivity index (χ1) is 8.65. The van der Waals surface area contributed by atoms with Gasteiger partial charge >= 0.3 is 0 Å². The molecule has 2 saturated heterocycles. The molecule has 0 aliphatic carbocycles. The number of rotatable bonds is 2. The molecule has 2 atom stereocenters. The van der Waals surface area contributed by atoms with Gasteiger partial charge in [-0.1, -0.05) is 0 Å². The van der Waals surface area contributed by atoms with Crippen LogP contribution in [0.5, 0.6) is 0 Å². The molecule has 3 rings (SSSR count). The maximum absolute atomic E-state index is 2.70. The highest BCUT2D eigenvalue weighted by Gasteiger charge is 2.32. The predicted molar refractivity (Wildman–Crippen MR) is 78.4 cm³/mol. The Kier molecular flexibility index (Phi) is 3.48. The second-order valence-electron chi connectivity index (χ2n) is 5.87. The molecule has 3 heterocycles. The second-order valence-corrected chi connectivity index (χ2v) is 7.33. The van der Waals surface area contributed by atoms with E-state index in [1.54, 1.807) is 5.56 Å². The van der Waals surface area contributed by atoms with Crippen LogP contribution in [-0.4, -0.2) is 42.0 Å². The van der Waals surface area contributed by atoms with Crippen molar-refractivity contribution in [1.82, 2.24) is 9.80 Å². The monoisotopic (exact) mass is 264 g/mol. The minimum Gasteiger partial charge on any atom is -0.298 e. The average Bonchev–Trinajstić information content (AvgIpc) is 2.93. The summed E-state index contributed by atoms with van der Waals surface area (Å²) in [5.74, 6) is 0. The Bertz CT molecular complexity index is 426. The fraction of sp³-hybridized carbons (Fsp3) is 0.733. The van der Waals surface area contributed by atoms with Crippen molar-refractivity contribution < 1.29 is 0 Å². The SMILES string of the molecule is Cc1cc(C(C)N2CCN3CCCC3C2)c(C)s1. The van der Waals surface area contributed by atoms with E-state index in [-0.39, 0.29) is 0 Å². The topological polar surface area (TPSA) is 6.48 Å². The molecule has 0 spiro atoms. The molecule has 100 valence electrons. The molecule has 0 amide bonds. The molecule has 2 nitrogen and oxygen atoms in total. The van der Waals surface area contributed by atoms with Crippen molar-refractivity contribution in [3.05, 3.63) is 21.4 Å². The first kappa shape index (κ1) is 12.6. The van der Waals surface area contributed by atoms with Crippen LogP contribution in [0.4, 0.5) is 0 Å². The van der Waals surface area contributed by atoms with E-state index in [9.17, 15) is 0 Å². The van der Waals surface area contributed by atoms with Crippen molar-refractivity contribution in [1.29, 1.82) is 0 Å². The summed E-state index contributed by atoms with van der Waals surface area (Å²) >= 11 is 1.94. The van der Waals surface area contributed by atoms with Gasteiger partial charge in [0.1, 0.15) is 0 Å². The molecule has 18 heavy (non-hydrogen) atoms. The van der Waals surface area contributed by atoms with Gasteiger partial charge in [0.2, 0.25) is 0 Å².